The van der Waals surface area contributed by atoms with Gasteiger partial charge in [-0.3, -0.25) is 14.9 Å². The molecule has 0 amide bonds. The fourth-order valence-corrected chi connectivity index (χ4v) is 3.24. The first-order chi connectivity index (χ1) is 13.5. The molecular weight excluding hydrogens is 360 g/mol. The maximum absolute atomic E-state index is 13.1. The lowest BCUT2D eigenvalue weighted by molar-refractivity contribution is -0.384. The molecule has 0 radical (unpaired) electrons. The lowest BCUT2D eigenvalue weighted by atomic mass is 10.1. The molecule has 0 atom stereocenters. The molecule has 0 aliphatic heterocycles. The highest BCUT2D eigenvalue weighted by molar-refractivity contribution is 5.89. The number of benzene rings is 1. The third-order valence-electron chi connectivity index (χ3n) is 4.66. The average molecular weight is 388 g/mol. The smallest absolute Gasteiger partial charge is 0.297 e. The summed E-state index contributed by atoms with van der Waals surface area (Å²) in [5.41, 5.74) is 0.0706. The third-order valence-corrected chi connectivity index (χ3v) is 4.66. The van der Waals surface area contributed by atoms with E-state index < -0.39 is 4.92 Å². The van der Waals surface area contributed by atoms with Gasteiger partial charge in [0.15, 0.2) is 5.75 Å². The molecule has 0 saturated heterocycles. The van der Waals surface area contributed by atoms with Crippen molar-refractivity contribution in [2.45, 2.75) is 52.0 Å². The molecule has 0 saturated carbocycles. The molecule has 0 N–H and O–H groups in total. The van der Waals surface area contributed by atoms with Crippen molar-refractivity contribution in [1.82, 2.24) is 4.57 Å². The van der Waals surface area contributed by atoms with Gasteiger partial charge >= 0.3 is 0 Å². The Morgan fingerprint density at radius 1 is 1.18 bits per heavy atom. The number of non-ortho nitro benzene ring substituents is 1. The number of hydrogen-bond donors (Lipinski definition) is 0. The summed E-state index contributed by atoms with van der Waals surface area (Å²) in [6.45, 7) is 6.42. The van der Waals surface area contributed by atoms with E-state index in [1.807, 2.05) is 0 Å². The minimum atomic E-state index is -0.465. The number of rotatable bonds is 12. The van der Waals surface area contributed by atoms with E-state index in [-0.39, 0.29) is 29.4 Å². The molecule has 0 aliphatic rings. The molecule has 2 rings (SSSR count). The van der Waals surface area contributed by atoms with Crippen molar-refractivity contribution in [3.8, 4) is 11.5 Å². The van der Waals surface area contributed by atoms with Gasteiger partial charge in [-0.05, 0) is 12.5 Å². The van der Waals surface area contributed by atoms with Crippen LogP contribution in [-0.2, 0) is 6.54 Å². The zero-order valence-electron chi connectivity index (χ0n) is 16.6. The third kappa shape index (κ3) is 4.91. The molecule has 0 unspecified atom stereocenters. The van der Waals surface area contributed by atoms with E-state index in [1.165, 1.54) is 38.5 Å². The first-order valence-corrected chi connectivity index (χ1v) is 9.67. The number of aryl methyl sites for hydroxylation is 1. The lowest BCUT2D eigenvalue weighted by Crippen LogP contribution is -2.24. The maximum atomic E-state index is 13.1. The maximum Gasteiger partial charge on any atom is 0.297 e. The highest BCUT2D eigenvalue weighted by Gasteiger charge is 2.21. The van der Waals surface area contributed by atoms with Gasteiger partial charge in [0.2, 0.25) is 5.75 Å². The number of nitro groups is 1. The molecule has 28 heavy (non-hydrogen) atoms. The zero-order chi connectivity index (χ0) is 20.5. The van der Waals surface area contributed by atoms with Crippen molar-refractivity contribution in [2.75, 3.05) is 13.7 Å². The second-order valence-corrected chi connectivity index (χ2v) is 6.65. The fourth-order valence-electron chi connectivity index (χ4n) is 3.24. The number of pyridine rings is 1. The normalized spacial score (nSPS) is 10.8. The number of fused-ring (bicyclic) bond motifs is 1. The number of nitrogens with zero attached hydrogens (tertiary/aromatic N) is 2. The van der Waals surface area contributed by atoms with Crippen LogP contribution in [0, 0.1) is 10.1 Å². The van der Waals surface area contributed by atoms with E-state index in [1.54, 1.807) is 16.7 Å². The van der Waals surface area contributed by atoms with Crippen LogP contribution in [0.3, 0.4) is 0 Å². The van der Waals surface area contributed by atoms with Crippen molar-refractivity contribution in [3.05, 3.63) is 51.3 Å². The van der Waals surface area contributed by atoms with Crippen LogP contribution in [0.25, 0.3) is 10.9 Å². The average Bonchev–Trinajstić information content (AvgIpc) is 2.69. The standard InChI is InChI=1S/C21H28N2O5/c1-4-6-7-8-9-10-13-22-18-15-16(23(25)26)11-12-17(18)19(27-3)20(21(22)24)28-14-5-2/h5,11-12,15H,2,4,6-10,13-14H2,1,3H3. The van der Waals surface area contributed by atoms with Gasteiger partial charge in [0.25, 0.3) is 11.2 Å². The van der Waals surface area contributed by atoms with E-state index in [0.29, 0.717) is 17.4 Å². The van der Waals surface area contributed by atoms with E-state index in [4.69, 9.17) is 9.47 Å². The van der Waals surface area contributed by atoms with E-state index in [0.717, 1.165) is 19.3 Å². The van der Waals surface area contributed by atoms with Crippen LogP contribution in [0.1, 0.15) is 45.4 Å². The summed E-state index contributed by atoms with van der Waals surface area (Å²) in [4.78, 5) is 23.8. The molecule has 7 nitrogen and oxygen atoms in total. The Balaban J connectivity index is 2.48. The Labute approximate surface area is 164 Å². The summed E-state index contributed by atoms with van der Waals surface area (Å²) in [7, 11) is 1.45. The molecule has 0 fully saturated rings. The molecular formula is C21H28N2O5. The monoisotopic (exact) mass is 388 g/mol. The van der Waals surface area contributed by atoms with Crippen molar-refractivity contribution >= 4 is 16.6 Å². The Morgan fingerprint density at radius 3 is 2.54 bits per heavy atom. The summed E-state index contributed by atoms with van der Waals surface area (Å²) < 4.78 is 12.6. The summed E-state index contributed by atoms with van der Waals surface area (Å²) in [5.74, 6) is 0.394. The number of nitro benzene ring substituents is 1. The molecule has 1 heterocycles. The number of hydrogen-bond acceptors (Lipinski definition) is 5. The Morgan fingerprint density at radius 2 is 1.89 bits per heavy atom. The lowest BCUT2D eigenvalue weighted by Gasteiger charge is -2.17. The molecule has 0 spiro atoms. The molecule has 152 valence electrons. The van der Waals surface area contributed by atoms with Gasteiger partial charge in [-0.1, -0.05) is 51.7 Å². The van der Waals surface area contributed by atoms with Gasteiger partial charge in [-0.2, -0.15) is 0 Å². The second kappa shape index (κ2) is 10.5. The molecule has 1 aromatic carbocycles. The molecule has 0 bridgehead atoms. The van der Waals surface area contributed by atoms with Crippen LogP contribution in [0.5, 0.6) is 11.5 Å². The van der Waals surface area contributed by atoms with Gasteiger partial charge in [0.05, 0.1) is 17.5 Å². The summed E-state index contributed by atoms with van der Waals surface area (Å²) in [6, 6.07) is 4.43. The predicted octanol–water partition coefficient (Wildman–Crippen LogP) is 4.84. The van der Waals surface area contributed by atoms with Gasteiger partial charge in [0.1, 0.15) is 6.61 Å². The van der Waals surface area contributed by atoms with Gasteiger partial charge in [-0.15, -0.1) is 0 Å². The van der Waals surface area contributed by atoms with Crippen LogP contribution in [0.2, 0.25) is 0 Å². The molecule has 7 heteroatoms. The second-order valence-electron chi connectivity index (χ2n) is 6.65. The number of unbranched alkanes of at least 4 members (excludes halogenated alkanes) is 5. The van der Waals surface area contributed by atoms with Crippen molar-refractivity contribution in [3.63, 3.8) is 0 Å². The van der Waals surface area contributed by atoms with Crippen LogP contribution in [0.4, 0.5) is 5.69 Å². The molecule has 1 aromatic heterocycles. The number of ether oxygens (including phenoxy) is 2. The van der Waals surface area contributed by atoms with Gasteiger partial charge in [0, 0.05) is 24.1 Å². The van der Waals surface area contributed by atoms with Crippen LogP contribution in [-0.4, -0.2) is 23.2 Å². The fraction of sp³-hybridized carbons (Fsp3) is 0.476. The highest BCUT2D eigenvalue weighted by Crippen LogP contribution is 2.34. The predicted molar refractivity (Wildman–Crippen MR) is 110 cm³/mol. The van der Waals surface area contributed by atoms with Crippen LogP contribution in [0.15, 0.2) is 35.6 Å². The summed E-state index contributed by atoms with van der Waals surface area (Å²) in [6.07, 6.45) is 8.03. The van der Waals surface area contributed by atoms with Crippen LogP contribution >= 0.6 is 0 Å². The Bertz CT molecular complexity index is 888. The van der Waals surface area contributed by atoms with E-state index in [2.05, 4.69) is 13.5 Å². The van der Waals surface area contributed by atoms with E-state index >= 15 is 0 Å². The van der Waals surface area contributed by atoms with Gasteiger partial charge < -0.3 is 14.0 Å². The summed E-state index contributed by atoms with van der Waals surface area (Å²) >= 11 is 0. The van der Waals surface area contributed by atoms with Crippen molar-refractivity contribution in [2.24, 2.45) is 0 Å². The van der Waals surface area contributed by atoms with Crippen LogP contribution < -0.4 is 15.0 Å². The topological polar surface area (TPSA) is 83.6 Å². The SMILES string of the molecule is C=CCOc1c(OC)c2ccc([N+](=O)[O-])cc2n(CCCCCCCC)c1=O. The Kier molecular flexibility index (Phi) is 8.04. The van der Waals surface area contributed by atoms with Gasteiger partial charge in [-0.25, -0.2) is 0 Å². The molecule has 2 aromatic rings. The Hall–Kier alpha value is -2.83. The first kappa shape index (κ1) is 21.5. The van der Waals surface area contributed by atoms with Crippen molar-refractivity contribution in [1.29, 1.82) is 0 Å². The highest BCUT2D eigenvalue weighted by atomic mass is 16.6. The minimum Gasteiger partial charge on any atom is -0.492 e. The zero-order valence-corrected chi connectivity index (χ0v) is 16.6. The summed E-state index contributed by atoms with van der Waals surface area (Å²) in [5, 5.41) is 11.8. The molecule has 0 aliphatic carbocycles. The quantitative estimate of drug-likeness (QED) is 0.225. The largest absolute Gasteiger partial charge is 0.492 e. The number of aromatic nitrogens is 1. The minimum absolute atomic E-state index is 0.0644. The first-order valence-electron chi connectivity index (χ1n) is 9.67. The van der Waals surface area contributed by atoms with Crippen molar-refractivity contribution < 1.29 is 14.4 Å². The number of methoxy groups -OCH3 is 1. The van der Waals surface area contributed by atoms with E-state index in [9.17, 15) is 14.9 Å².